The van der Waals surface area contributed by atoms with E-state index in [1.54, 1.807) is 11.1 Å². The topological polar surface area (TPSA) is 236 Å². The summed E-state index contributed by atoms with van der Waals surface area (Å²) >= 11 is 2.47. The fourth-order valence-electron chi connectivity index (χ4n) is 4.32. The molecule has 0 aliphatic carbocycles. The minimum absolute atomic E-state index is 0.0391. The van der Waals surface area contributed by atoms with E-state index in [-0.39, 0.29) is 48.3 Å². The van der Waals surface area contributed by atoms with Crippen molar-refractivity contribution in [3.05, 3.63) is 0 Å². The summed E-state index contributed by atoms with van der Waals surface area (Å²) in [5.41, 5.74) is 15.0. The van der Waals surface area contributed by atoms with E-state index in [0.29, 0.717) is 37.8 Å². The van der Waals surface area contributed by atoms with Crippen molar-refractivity contribution in [1.82, 2.24) is 30.7 Å². The van der Waals surface area contributed by atoms with Crippen LogP contribution in [0.3, 0.4) is 0 Å². The second kappa shape index (κ2) is 22.4. The number of nitrogens with one attached hydrogen (secondary N) is 6. The first-order chi connectivity index (χ1) is 22.6. The highest BCUT2D eigenvalue weighted by Crippen LogP contribution is 2.18. The van der Waals surface area contributed by atoms with Gasteiger partial charge in [0.25, 0.3) is 0 Å². The highest BCUT2D eigenvalue weighted by atomic mass is 32.2. The van der Waals surface area contributed by atoms with E-state index in [1.807, 2.05) is 13.8 Å². The van der Waals surface area contributed by atoms with Crippen molar-refractivity contribution < 1.29 is 28.7 Å². The Morgan fingerprint density at radius 3 is 1.69 bits per heavy atom. The lowest BCUT2D eigenvalue weighted by Crippen LogP contribution is -2.55. The van der Waals surface area contributed by atoms with Crippen LogP contribution in [0.1, 0.15) is 80.1 Å². The van der Waals surface area contributed by atoms with Crippen LogP contribution >= 0.6 is 23.9 Å². The molecule has 48 heavy (non-hydrogen) atoms. The Morgan fingerprint density at radius 2 is 1.25 bits per heavy atom. The van der Waals surface area contributed by atoms with Crippen LogP contribution in [0.15, 0.2) is 9.98 Å². The van der Waals surface area contributed by atoms with Crippen molar-refractivity contribution in [2.45, 2.75) is 104 Å². The van der Waals surface area contributed by atoms with Gasteiger partial charge in [-0.25, -0.2) is 9.98 Å². The second-order valence-electron chi connectivity index (χ2n) is 12.8. The average Bonchev–Trinajstić information content (AvgIpc) is 3.69. The van der Waals surface area contributed by atoms with Gasteiger partial charge in [0.05, 0.1) is 23.2 Å². The van der Waals surface area contributed by atoms with Gasteiger partial charge in [-0.05, 0) is 73.3 Å². The fraction of sp³-hybridized carbons (Fsp3) is 0.800. The summed E-state index contributed by atoms with van der Waals surface area (Å²) < 4.78 is 16.1. The van der Waals surface area contributed by atoms with Gasteiger partial charge in [-0.3, -0.25) is 29.8 Å². The van der Waals surface area contributed by atoms with Gasteiger partial charge in [0, 0.05) is 40.2 Å². The molecule has 276 valence electrons. The predicted molar refractivity (Wildman–Crippen MR) is 192 cm³/mol. The van der Waals surface area contributed by atoms with Gasteiger partial charge < -0.3 is 31.6 Å². The van der Waals surface area contributed by atoms with Gasteiger partial charge in [0.15, 0.2) is 0 Å². The molecule has 2 aliphatic heterocycles. The fourth-order valence-corrected chi connectivity index (χ4v) is 5.52. The third-order valence-electron chi connectivity index (χ3n) is 7.49. The molecule has 10 N–H and O–H groups in total. The lowest BCUT2D eigenvalue weighted by Gasteiger charge is -2.25. The van der Waals surface area contributed by atoms with Crippen LogP contribution in [-0.2, 0) is 28.7 Å². The maximum absolute atomic E-state index is 12.1. The van der Waals surface area contributed by atoms with E-state index in [4.69, 9.17) is 20.9 Å². The number of hydrogen-bond acceptors (Lipinski definition) is 14. The average molecular weight is 719 g/mol. The molecule has 0 fully saturated rings. The highest BCUT2D eigenvalue weighted by molar-refractivity contribution is 8.10. The summed E-state index contributed by atoms with van der Waals surface area (Å²) in [5.74, 6) is -2.29. The molecule has 2 rings (SSSR count). The first-order valence-electron chi connectivity index (χ1n) is 16.3. The van der Waals surface area contributed by atoms with Crippen molar-refractivity contribution >= 4 is 58.6 Å². The summed E-state index contributed by atoms with van der Waals surface area (Å²) in [6.45, 7) is 13.4. The lowest BCUT2D eigenvalue weighted by molar-refractivity contribution is -0.133. The van der Waals surface area contributed by atoms with Crippen molar-refractivity contribution in [3.8, 4) is 0 Å². The zero-order valence-corrected chi connectivity index (χ0v) is 31.2. The first kappa shape index (κ1) is 43.7. The Kier molecular flexibility index (Phi) is 20.4. The SMILES string of the molecule is COC1(NC(=O)CC(C)CC(N)C(=O)NCCC(C)C)N=CSN1.COC1(NC(=O)CCC(C)C(N)C(=O)NCCC(C)C)N=CSN1. The molecule has 0 saturated heterocycles. The number of nitrogens with zero attached hydrogens (tertiary/aromatic N) is 2. The third kappa shape index (κ3) is 16.9. The Bertz CT molecular complexity index is 1080. The number of methoxy groups -OCH3 is 2. The number of carbonyl (C=O) groups is 4. The summed E-state index contributed by atoms with van der Waals surface area (Å²) in [5, 5.41) is 11.0. The number of ether oxygens (including phenoxy) is 2. The third-order valence-corrected chi connectivity index (χ3v) is 8.70. The minimum Gasteiger partial charge on any atom is -0.355 e. The Morgan fingerprint density at radius 1 is 0.771 bits per heavy atom. The summed E-state index contributed by atoms with van der Waals surface area (Å²) in [6.07, 6.45) is 3.25. The molecule has 6 unspecified atom stereocenters. The van der Waals surface area contributed by atoms with E-state index in [0.717, 1.165) is 12.8 Å². The first-order valence-corrected chi connectivity index (χ1v) is 18.0. The maximum Gasteiger partial charge on any atom is 0.312 e. The number of nitrogens with two attached hydrogens (primary N) is 2. The highest BCUT2D eigenvalue weighted by Gasteiger charge is 2.35. The largest absolute Gasteiger partial charge is 0.355 e. The number of carbonyl (C=O) groups excluding carboxylic acids is 4. The smallest absolute Gasteiger partial charge is 0.312 e. The standard InChI is InChI=1S/2C15H29N5O3S/c1-10(2)5-6-17-14(22)12(16)7-11(3)8-13(21)19-15(23-4)18-9-24-20-15;1-10(2)7-8-17-14(22)13(16)11(3)5-6-12(21)19-15(23-4)18-9-24-20-15/h9-12,20H,5-8,16H2,1-4H3,(H,17,22)(H,19,21);9-11,13,20H,5-8,16H2,1-4H3,(H,17,22)(H,19,21). The molecule has 0 aromatic heterocycles. The van der Waals surface area contributed by atoms with Crippen LogP contribution in [-0.4, -0.2) is 86.1 Å². The molecule has 0 aromatic rings. The van der Waals surface area contributed by atoms with E-state index >= 15 is 0 Å². The summed E-state index contributed by atoms with van der Waals surface area (Å²) in [7, 11) is 2.91. The van der Waals surface area contributed by atoms with Crippen LogP contribution in [0.25, 0.3) is 0 Å². The molecule has 0 saturated carbocycles. The van der Waals surface area contributed by atoms with Gasteiger partial charge in [-0.1, -0.05) is 41.5 Å². The van der Waals surface area contributed by atoms with E-state index in [1.165, 1.54) is 38.1 Å². The van der Waals surface area contributed by atoms with Gasteiger partial charge in [0.1, 0.15) is 0 Å². The zero-order valence-electron chi connectivity index (χ0n) is 29.6. The van der Waals surface area contributed by atoms with E-state index < -0.39 is 24.0 Å². The predicted octanol–water partition coefficient (Wildman–Crippen LogP) is 1.09. The quantitative estimate of drug-likeness (QED) is 0.0653. The molecular weight excluding hydrogens is 661 g/mol. The molecule has 0 aromatic carbocycles. The molecule has 2 heterocycles. The van der Waals surface area contributed by atoms with Gasteiger partial charge in [0.2, 0.25) is 23.6 Å². The normalized spacial score (nSPS) is 22.4. The van der Waals surface area contributed by atoms with Crippen LogP contribution in [0.4, 0.5) is 0 Å². The summed E-state index contributed by atoms with van der Waals surface area (Å²) in [6, 6.07) is -1.24. The lowest BCUT2D eigenvalue weighted by atomic mass is 9.96. The van der Waals surface area contributed by atoms with Crippen LogP contribution in [0.5, 0.6) is 0 Å². The number of hydrogen-bond donors (Lipinski definition) is 8. The molecular formula is C30H58N10O6S2. The monoisotopic (exact) mass is 718 g/mol. The van der Waals surface area contributed by atoms with E-state index in [2.05, 4.69) is 68.4 Å². The minimum atomic E-state index is -1.21. The number of rotatable bonds is 20. The van der Waals surface area contributed by atoms with Crippen LogP contribution in [0, 0.1) is 23.7 Å². The van der Waals surface area contributed by atoms with Gasteiger partial charge >= 0.3 is 11.9 Å². The maximum atomic E-state index is 12.1. The second-order valence-corrected chi connectivity index (χ2v) is 14.1. The molecule has 16 nitrogen and oxygen atoms in total. The van der Waals surface area contributed by atoms with Crippen molar-refractivity contribution in [2.75, 3.05) is 27.3 Å². The molecule has 0 bridgehead atoms. The Labute approximate surface area is 293 Å². The molecule has 4 amide bonds. The van der Waals surface area contributed by atoms with Crippen molar-refractivity contribution in [1.29, 1.82) is 0 Å². The molecule has 6 atom stereocenters. The molecule has 2 aliphatic rings. The van der Waals surface area contributed by atoms with Crippen molar-refractivity contribution in [2.24, 2.45) is 45.1 Å². The number of aliphatic imine (C=N–C) groups is 2. The molecule has 0 spiro atoms. The molecule has 18 heteroatoms. The van der Waals surface area contributed by atoms with Crippen LogP contribution < -0.4 is 42.2 Å². The van der Waals surface area contributed by atoms with Crippen molar-refractivity contribution in [3.63, 3.8) is 0 Å². The summed E-state index contributed by atoms with van der Waals surface area (Å²) in [4.78, 5) is 56.2. The van der Waals surface area contributed by atoms with Gasteiger partial charge in [-0.15, -0.1) is 0 Å². The number of amides is 4. The molecule has 0 radical (unpaired) electrons. The zero-order chi connectivity index (χ0) is 36.3. The Balaban J connectivity index is 0.000000480. The van der Waals surface area contributed by atoms with Gasteiger partial charge in [-0.2, -0.15) is 9.44 Å². The Hall–Kier alpha value is -2.32. The van der Waals surface area contributed by atoms with Crippen LogP contribution in [0.2, 0.25) is 0 Å². The van der Waals surface area contributed by atoms with E-state index in [9.17, 15) is 19.2 Å².